The van der Waals surface area contributed by atoms with E-state index in [2.05, 4.69) is 21.1 Å². The fourth-order valence-electron chi connectivity index (χ4n) is 2.27. The Morgan fingerprint density at radius 2 is 2.00 bits per heavy atom. The molecule has 6 nitrogen and oxygen atoms in total. The molecule has 9 heteroatoms. The summed E-state index contributed by atoms with van der Waals surface area (Å²) in [4.78, 5) is 10.5. The van der Waals surface area contributed by atoms with Crippen LogP contribution in [0, 0.1) is 5.82 Å². The van der Waals surface area contributed by atoms with E-state index in [1.807, 2.05) is 0 Å². The van der Waals surface area contributed by atoms with Crippen molar-refractivity contribution in [3.8, 4) is 11.3 Å². The summed E-state index contributed by atoms with van der Waals surface area (Å²) < 4.78 is 43.4. The molecule has 0 spiro atoms. The summed E-state index contributed by atoms with van der Waals surface area (Å²) in [6.45, 7) is 0. The number of carboxylic acid groups (broad SMARTS) is 1. The van der Waals surface area contributed by atoms with Crippen LogP contribution in [0.25, 0.3) is 22.2 Å². The third-order valence-corrected chi connectivity index (χ3v) is 5.86. The van der Waals surface area contributed by atoms with Crippen LogP contribution in [0.1, 0.15) is 0 Å². The highest BCUT2D eigenvalue weighted by molar-refractivity contribution is 9.10. The number of aliphatic carboxylic acids is 1. The van der Waals surface area contributed by atoms with Crippen molar-refractivity contribution in [3.63, 3.8) is 0 Å². The van der Waals surface area contributed by atoms with Crippen LogP contribution in [-0.4, -0.2) is 30.4 Å². The fraction of sp³-hybridized carbons (Fsp3) is 0.0667. The Bertz CT molecular complexity index is 1060. The Balaban J connectivity index is 2.19. The maximum atomic E-state index is 13.9. The Labute approximate surface area is 143 Å². The van der Waals surface area contributed by atoms with Gasteiger partial charge in [-0.2, -0.15) is 0 Å². The zero-order valence-corrected chi connectivity index (χ0v) is 14.3. The Kier molecular flexibility index (Phi) is 4.14. The third kappa shape index (κ3) is 2.92. The molecule has 124 valence electrons. The molecule has 0 saturated heterocycles. The number of sulfone groups is 1. The number of halogens is 2. The van der Waals surface area contributed by atoms with Gasteiger partial charge < -0.3 is 9.63 Å². The molecule has 0 radical (unpaired) electrons. The molecule has 0 bridgehead atoms. The van der Waals surface area contributed by atoms with E-state index in [1.165, 1.54) is 30.3 Å². The van der Waals surface area contributed by atoms with Gasteiger partial charge in [-0.25, -0.2) is 12.8 Å². The van der Waals surface area contributed by atoms with Crippen molar-refractivity contribution >= 4 is 42.7 Å². The zero-order chi connectivity index (χ0) is 17.5. The van der Waals surface area contributed by atoms with E-state index in [-0.39, 0.29) is 26.2 Å². The largest absolute Gasteiger partial charge is 0.480 e. The average Bonchev–Trinajstić information content (AvgIpc) is 2.88. The molecule has 0 aliphatic carbocycles. The van der Waals surface area contributed by atoms with Gasteiger partial charge in [-0.1, -0.05) is 17.3 Å². The van der Waals surface area contributed by atoms with E-state index in [0.29, 0.717) is 5.39 Å². The molecule has 1 aromatic heterocycles. The van der Waals surface area contributed by atoms with Gasteiger partial charge in [-0.15, -0.1) is 0 Å². The number of carbonyl (C=O) groups is 1. The lowest BCUT2D eigenvalue weighted by molar-refractivity contribution is -0.134. The summed E-state index contributed by atoms with van der Waals surface area (Å²) in [5.41, 5.74) is 0.552. The summed E-state index contributed by atoms with van der Waals surface area (Å²) >= 11 is 3.12. The number of nitrogens with zero attached hydrogens (tertiary/aromatic N) is 1. The molecule has 1 N–H and O–H groups in total. The first-order valence-corrected chi connectivity index (χ1v) is 9.02. The minimum absolute atomic E-state index is 0.111. The number of hydrogen-bond donors (Lipinski definition) is 1. The second-order valence-corrected chi connectivity index (χ2v) is 7.75. The number of benzene rings is 2. The molecule has 0 aliphatic heterocycles. The van der Waals surface area contributed by atoms with Gasteiger partial charge in [0.2, 0.25) is 0 Å². The van der Waals surface area contributed by atoms with Gasteiger partial charge in [0.25, 0.3) is 0 Å². The lowest BCUT2D eigenvalue weighted by Gasteiger charge is -2.05. The van der Waals surface area contributed by atoms with E-state index in [4.69, 9.17) is 9.63 Å². The highest BCUT2D eigenvalue weighted by Gasteiger charge is 2.24. The Morgan fingerprint density at radius 1 is 1.29 bits per heavy atom. The first-order chi connectivity index (χ1) is 11.3. The van der Waals surface area contributed by atoms with Gasteiger partial charge in [0, 0.05) is 16.1 Å². The SMILES string of the molecule is O=C(O)CS(=O)(=O)c1cc2onc(-c3ccccc3F)c2cc1Br. The smallest absolute Gasteiger partial charge is 0.319 e. The normalized spacial score (nSPS) is 11.8. The van der Waals surface area contributed by atoms with Crippen LogP contribution in [0.2, 0.25) is 0 Å². The van der Waals surface area contributed by atoms with Gasteiger partial charge in [-0.05, 0) is 34.1 Å². The van der Waals surface area contributed by atoms with Gasteiger partial charge in [-0.3, -0.25) is 4.79 Å². The topological polar surface area (TPSA) is 97.5 Å². The Morgan fingerprint density at radius 3 is 2.67 bits per heavy atom. The maximum Gasteiger partial charge on any atom is 0.319 e. The molecule has 0 atom stereocenters. The molecule has 1 heterocycles. The van der Waals surface area contributed by atoms with E-state index in [0.717, 1.165) is 0 Å². The Hall–Kier alpha value is -2.26. The number of hydrogen-bond acceptors (Lipinski definition) is 5. The van der Waals surface area contributed by atoms with E-state index >= 15 is 0 Å². The molecule has 2 aromatic carbocycles. The van der Waals surface area contributed by atoms with Crippen molar-refractivity contribution in [1.29, 1.82) is 0 Å². The van der Waals surface area contributed by atoms with Crippen molar-refractivity contribution in [2.45, 2.75) is 4.90 Å². The second-order valence-electron chi connectivity index (χ2n) is 4.94. The van der Waals surface area contributed by atoms with Crippen molar-refractivity contribution < 1.29 is 27.2 Å². The van der Waals surface area contributed by atoms with Gasteiger partial charge in [0.15, 0.2) is 21.2 Å². The molecule has 24 heavy (non-hydrogen) atoms. The standard InChI is InChI=1S/C15H9BrFNO5S/c16-10-5-9-12(6-13(10)24(21,22)7-14(19)20)23-18-15(9)8-3-1-2-4-11(8)17/h1-6H,7H2,(H,19,20). The van der Waals surface area contributed by atoms with Crippen LogP contribution in [0.4, 0.5) is 4.39 Å². The highest BCUT2D eigenvalue weighted by Crippen LogP contribution is 2.35. The van der Waals surface area contributed by atoms with Crippen LogP contribution in [0.5, 0.6) is 0 Å². The molecule has 0 saturated carbocycles. The first-order valence-electron chi connectivity index (χ1n) is 6.58. The molecule has 0 unspecified atom stereocenters. The summed E-state index contributed by atoms with van der Waals surface area (Å²) in [6.07, 6.45) is 0. The predicted octanol–water partition coefficient (Wildman–Crippen LogP) is 3.25. The van der Waals surface area contributed by atoms with Gasteiger partial charge in [0.05, 0.1) is 10.3 Å². The summed E-state index contributed by atoms with van der Waals surface area (Å²) in [7, 11) is -4.05. The van der Waals surface area contributed by atoms with E-state index in [1.54, 1.807) is 6.07 Å². The number of carboxylic acids is 1. The van der Waals surface area contributed by atoms with Crippen LogP contribution < -0.4 is 0 Å². The quantitative estimate of drug-likeness (QED) is 0.704. The van der Waals surface area contributed by atoms with Crippen molar-refractivity contribution in [1.82, 2.24) is 5.16 Å². The summed E-state index contributed by atoms with van der Waals surface area (Å²) in [6, 6.07) is 8.57. The molecule has 3 aromatic rings. The van der Waals surface area contributed by atoms with Crippen molar-refractivity contribution in [3.05, 3.63) is 46.7 Å². The van der Waals surface area contributed by atoms with Crippen LogP contribution >= 0.6 is 15.9 Å². The number of fused-ring (bicyclic) bond motifs is 1. The van der Waals surface area contributed by atoms with Gasteiger partial charge >= 0.3 is 5.97 Å². The van der Waals surface area contributed by atoms with Crippen LogP contribution in [0.3, 0.4) is 0 Å². The molecule has 0 fully saturated rings. The lowest BCUT2D eigenvalue weighted by atomic mass is 10.1. The molecular formula is C15H9BrFNO5S. The minimum atomic E-state index is -4.05. The summed E-state index contributed by atoms with van der Waals surface area (Å²) in [5.74, 6) is -3.01. The monoisotopic (exact) mass is 413 g/mol. The lowest BCUT2D eigenvalue weighted by Crippen LogP contribution is -2.15. The zero-order valence-electron chi connectivity index (χ0n) is 11.9. The summed E-state index contributed by atoms with van der Waals surface area (Å²) in [5, 5.41) is 12.9. The van der Waals surface area contributed by atoms with Crippen molar-refractivity contribution in [2.75, 3.05) is 5.75 Å². The van der Waals surface area contributed by atoms with Crippen LogP contribution in [0.15, 0.2) is 50.3 Å². The molecule has 0 amide bonds. The fourth-order valence-corrected chi connectivity index (χ4v) is 4.47. The molecule has 3 rings (SSSR count). The van der Waals surface area contributed by atoms with Gasteiger partial charge in [0.1, 0.15) is 11.5 Å². The van der Waals surface area contributed by atoms with E-state index in [9.17, 15) is 17.6 Å². The van der Waals surface area contributed by atoms with Crippen LogP contribution in [-0.2, 0) is 14.6 Å². The average molecular weight is 414 g/mol. The second kappa shape index (κ2) is 5.99. The van der Waals surface area contributed by atoms with E-state index < -0.39 is 27.4 Å². The highest BCUT2D eigenvalue weighted by atomic mass is 79.9. The minimum Gasteiger partial charge on any atom is -0.480 e. The van der Waals surface area contributed by atoms with Crippen molar-refractivity contribution in [2.24, 2.45) is 0 Å². The molecule has 0 aliphatic rings. The predicted molar refractivity (Wildman–Crippen MR) is 86.8 cm³/mol. The molecular weight excluding hydrogens is 405 g/mol. The third-order valence-electron chi connectivity index (χ3n) is 3.30. The maximum absolute atomic E-state index is 13.9. The number of rotatable bonds is 4. The first kappa shape index (κ1) is 16.6. The number of aromatic nitrogens is 1.